The van der Waals surface area contributed by atoms with E-state index < -0.39 is 0 Å². The summed E-state index contributed by atoms with van der Waals surface area (Å²) in [6, 6.07) is 8.70. The third-order valence-electron chi connectivity index (χ3n) is 7.75. The van der Waals surface area contributed by atoms with Crippen molar-refractivity contribution in [3.63, 3.8) is 0 Å². The number of allylic oxidation sites excluding steroid dienone is 6. The van der Waals surface area contributed by atoms with Crippen molar-refractivity contribution < 1.29 is 4.79 Å². The third-order valence-corrected chi connectivity index (χ3v) is 7.75. The second kappa shape index (κ2) is 7.67. The number of fused-ring (bicyclic) bond motifs is 3. The van der Waals surface area contributed by atoms with E-state index in [2.05, 4.69) is 84.7 Å². The number of H-pyrrole nitrogens is 1. The average molecular weight is 436 g/mol. The maximum absolute atomic E-state index is 12.9. The minimum atomic E-state index is 0.00352. The lowest BCUT2D eigenvalue weighted by atomic mass is 9.73. The van der Waals surface area contributed by atoms with E-state index in [0.717, 1.165) is 59.2 Å². The number of pyridine rings is 1. The minimum absolute atomic E-state index is 0.00352. The quantitative estimate of drug-likeness (QED) is 0.543. The number of nitrogens with one attached hydrogen (secondary N) is 1. The van der Waals surface area contributed by atoms with Crippen LogP contribution in [0.1, 0.15) is 47.7 Å². The zero-order chi connectivity index (χ0) is 22.6. The summed E-state index contributed by atoms with van der Waals surface area (Å²) < 4.78 is 0. The Morgan fingerprint density at radius 3 is 2.79 bits per heavy atom. The number of benzene rings is 1. The summed E-state index contributed by atoms with van der Waals surface area (Å²) >= 11 is 0. The molecule has 3 heterocycles. The van der Waals surface area contributed by atoms with Gasteiger partial charge in [0.05, 0.1) is 0 Å². The molecule has 3 aliphatic rings. The molecule has 1 aliphatic heterocycles. The zero-order valence-electron chi connectivity index (χ0n) is 19.3. The summed E-state index contributed by atoms with van der Waals surface area (Å²) in [5, 5.41) is 1.12. The molecule has 6 rings (SSSR count). The smallest absolute Gasteiger partial charge is 0.164 e. The number of carbonyl (C=O) groups is 1. The van der Waals surface area contributed by atoms with E-state index in [-0.39, 0.29) is 5.41 Å². The fourth-order valence-electron chi connectivity index (χ4n) is 5.77. The van der Waals surface area contributed by atoms with Crippen molar-refractivity contribution in [2.75, 3.05) is 20.1 Å². The lowest BCUT2D eigenvalue weighted by Crippen LogP contribution is -2.39. The van der Waals surface area contributed by atoms with E-state index in [1.165, 1.54) is 11.1 Å². The maximum atomic E-state index is 12.9. The van der Waals surface area contributed by atoms with E-state index in [1.807, 2.05) is 6.20 Å². The van der Waals surface area contributed by atoms with Crippen molar-refractivity contribution in [1.82, 2.24) is 14.9 Å². The Hall–Kier alpha value is -3.24. The van der Waals surface area contributed by atoms with Crippen LogP contribution in [0.15, 0.2) is 67.0 Å². The fourth-order valence-corrected chi connectivity index (χ4v) is 5.77. The molecule has 1 unspecified atom stereocenters. The molecule has 2 aromatic heterocycles. The summed E-state index contributed by atoms with van der Waals surface area (Å²) in [6.45, 7) is 4.29. The number of piperidine rings is 1. The number of ketones is 1. The molecule has 166 valence electrons. The first kappa shape index (κ1) is 20.4. The van der Waals surface area contributed by atoms with E-state index in [4.69, 9.17) is 4.98 Å². The summed E-state index contributed by atoms with van der Waals surface area (Å²) in [4.78, 5) is 23.3. The van der Waals surface area contributed by atoms with Gasteiger partial charge in [-0.15, -0.1) is 0 Å². The number of carbonyl (C=O) groups excluding carboxylic acids is 1. The van der Waals surface area contributed by atoms with Gasteiger partial charge in [-0.3, -0.25) is 4.79 Å². The number of Topliss-reactive ketones (excluding diaryl/α,β-unsaturated/α-hetero) is 1. The topological polar surface area (TPSA) is 49.0 Å². The lowest BCUT2D eigenvalue weighted by molar-refractivity contribution is 0.0945. The predicted molar refractivity (Wildman–Crippen MR) is 134 cm³/mol. The molecule has 4 nitrogen and oxygen atoms in total. The summed E-state index contributed by atoms with van der Waals surface area (Å²) in [5.74, 6) is 0.690. The molecule has 0 amide bonds. The Balaban J connectivity index is 1.44. The lowest BCUT2D eigenvalue weighted by Gasteiger charge is -2.38. The molecule has 4 heteroatoms. The van der Waals surface area contributed by atoms with Crippen LogP contribution >= 0.6 is 0 Å². The highest BCUT2D eigenvalue weighted by molar-refractivity contribution is 6.04. The van der Waals surface area contributed by atoms with Crippen LogP contribution in [0.3, 0.4) is 0 Å². The fraction of sp³-hybridized carbons (Fsp3) is 0.310. The monoisotopic (exact) mass is 435 g/mol. The first-order valence-corrected chi connectivity index (χ1v) is 11.9. The van der Waals surface area contributed by atoms with Gasteiger partial charge in [-0.25, -0.2) is 4.98 Å². The largest absolute Gasteiger partial charge is 0.346 e. The number of nitrogens with zero attached hydrogens (tertiary/aromatic N) is 2. The van der Waals surface area contributed by atoms with Crippen LogP contribution < -0.4 is 0 Å². The molecule has 0 bridgehead atoms. The van der Waals surface area contributed by atoms with Gasteiger partial charge in [0.2, 0.25) is 0 Å². The Morgan fingerprint density at radius 2 is 1.94 bits per heavy atom. The number of aromatic nitrogens is 2. The molecule has 0 saturated carbocycles. The van der Waals surface area contributed by atoms with Crippen molar-refractivity contribution in [1.29, 1.82) is 0 Å². The highest BCUT2D eigenvalue weighted by Crippen LogP contribution is 2.47. The zero-order valence-corrected chi connectivity index (χ0v) is 19.3. The van der Waals surface area contributed by atoms with Crippen molar-refractivity contribution in [2.24, 2.45) is 5.92 Å². The first-order chi connectivity index (χ1) is 16.0. The molecule has 1 spiro atoms. The van der Waals surface area contributed by atoms with Gasteiger partial charge in [0.25, 0.3) is 0 Å². The molecule has 1 aromatic carbocycles. The number of hydrogen-bond acceptors (Lipinski definition) is 3. The Morgan fingerprint density at radius 1 is 1.09 bits per heavy atom. The van der Waals surface area contributed by atoms with E-state index in [9.17, 15) is 4.79 Å². The van der Waals surface area contributed by atoms with Crippen LogP contribution in [0.25, 0.3) is 27.7 Å². The van der Waals surface area contributed by atoms with Crippen molar-refractivity contribution >= 4 is 22.4 Å². The van der Waals surface area contributed by atoms with Crippen LogP contribution in [-0.4, -0.2) is 40.8 Å². The Bertz CT molecular complexity index is 1350. The SMILES string of the molecule is CC1C=CC=CC(c2cnc3[nH]cc(-c4ccc5c(c4)C4(CCN(C)CC4)CC5=O)c3c2)=C1. The van der Waals surface area contributed by atoms with Gasteiger partial charge < -0.3 is 9.88 Å². The van der Waals surface area contributed by atoms with Crippen LogP contribution in [0, 0.1) is 5.92 Å². The highest BCUT2D eigenvalue weighted by Gasteiger charge is 2.44. The van der Waals surface area contributed by atoms with Crippen molar-refractivity contribution in [3.05, 3.63) is 83.7 Å². The molecule has 33 heavy (non-hydrogen) atoms. The standard InChI is InChI=1S/C29H29N3O/c1-19-5-3-4-6-20(13-19)22-14-24-25(18-31-28(24)30-17-22)21-7-8-23-26(15-21)29(16-27(23)33)9-11-32(2)12-10-29/h3-8,13-15,17-19H,9-12,16H2,1-2H3,(H,30,31). The van der Waals surface area contributed by atoms with Crippen LogP contribution in [0.2, 0.25) is 0 Å². The third kappa shape index (κ3) is 3.41. The van der Waals surface area contributed by atoms with Gasteiger partial charge >= 0.3 is 0 Å². The normalized spacial score (nSPS) is 22.1. The average Bonchev–Trinajstić information content (AvgIpc) is 3.27. The Labute approximate surface area is 194 Å². The molecular formula is C29H29N3O. The first-order valence-electron chi connectivity index (χ1n) is 11.9. The summed E-state index contributed by atoms with van der Waals surface area (Å²) in [7, 11) is 2.17. The van der Waals surface area contributed by atoms with Gasteiger partial charge in [-0.2, -0.15) is 0 Å². The number of aromatic amines is 1. The van der Waals surface area contributed by atoms with E-state index in [0.29, 0.717) is 18.1 Å². The summed E-state index contributed by atoms with van der Waals surface area (Å²) in [5.41, 5.74) is 7.70. The molecule has 2 aliphatic carbocycles. The van der Waals surface area contributed by atoms with Gasteiger partial charge in [-0.1, -0.05) is 49.4 Å². The van der Waals surface area contributed by atoms with Gasteiger partial charge in [-0.05, 0) is 67.7 Å². The molecule has 1 saturated heterocycles. The number of rotatable bonds is 2. The maximum Gasteiger partial charge on any atom is 0.164 e. The molecule has 0 radical (unpaired) electrons. The Kier molecular flexibility index (Phi) is 4.73. The number of hydrogen-bond donors (Lipinski definition) is 1. The van der Waals surface area contributed by atoms with Crippen molar-refractivity contribution in [2.45, 2.75) is 31.6 Å². The molecule has 1 atom stereocenters. The second-order valence-electron chi connectivity index (χ2n) is 9.99. The number of likely N-dealkylation sites (tertiary alicyclic amines) is 1. The van der Waals surface area contributed by atoms with E-state index >= 15 is 0 Å². The molecule has 1 fully saturated rings. The van der Waals surface area contributed by atoms with E-state index in [1.54, 1.807) is 0 Å². The van der Waals surface area contributed by atoms with Crippen LogP contribution in [-0.2, 0) is 5.41 Å². The minimum Gasteiger partial charge on any atom is -0.346 e. The molecule has 3 aromatic rings. The summed E-state index contributed by atoms with van der Waals surface area (Å²) in [6.07, 6.45) is 17.6. The predicted octanol–water partition coefficient (Wildman–Crippen LogP) is 5.93. The van der Waals surface area contributed by atoms with Crippen LogP contribution in [0.5, 0.6) is 0 Å². The van der Waals surface area contributed by atoms with Crippen LogP contribution in [0.4, 0.5) is 0 Å². The second-order valence-corrected chi connectivity index (χ2v) is 9.99. The molecule has 1 N–H and O–H groups in total. The molecular weight excluding hydrogens is 406 g/mol. The highest BCUT2D eigenvalue weighted by atomic mass is 16.1. The van der Waals surface area contributed by atoms with Gasteiger partial charge in [0.15, 0.2) is 5.78 Å². The van der Waals surface area contributed by atoms with Gasteiger partial charge in [0.1, 0.15) is 5.65 Å². The van der Waals surface area contributed by atoms with Crippen molar-refractivity contribution in [3.8, 4) is 11.1 Å². The van der Waals surface area contributed by atoms with Gasteiger partial charge in [0, 0.05) is 46.3 Å².